The van der Waals surface area contributed by atoms with Gasteiger partial charge in [-0.15, -0.1) is 0 Å². The van der Waals surface area contributed by atoms with Crippen molar-refractivity contribution in [1.29, 1.82) is 0 Å². The van der Waals surface area contributed by atoms with Gasteiger partial charge < -0.3 is 13.9 Å². The Labute approximate surface area is 140 Å². The molecular weight excluding hydrogens is 308 g/mol. The molecule has 0 aliphatic heterocycles. The average molecular weight is 330 g/mol. The Morgan fingerprint density at radius 3 is 2.62 bits per heavy atom. The van der Waals surface area contributed by atoms with Crippen LogP contribution in [0.15, 0.2) is 21.3 Å². The molecule has 1 aromatic heterocycles. The van der Waals surface area contributed by atoms with Crippen LogP contribution in [0.1, 0.15) is 43.4 Å². The number of fused-ring (bicyclic) bond motifs is 3. The summed E-state index contributed by atoms with van der Waals surface area (Å²) in [4.78, 5) is 23.8. The van der Waals surface area contributed by atoms with Crippen LogP contribution in [-0.2, 0) is 28.8 Å². The molecule has 24 heavy (non-hydrogen) atoms. The first kappa shape index (κ1) is 16.6. The molecule has 0 saturated heterocycles. The minimum Gasteiger partial charge on any atom is -0.479 e. The number of aryl methyl sites for hydroxylation is 2. The number of rotatable bonds is 4. The number of esters is 1. The molecule has 0 N–H and O–H groups in total. The van der Waals surface area contributed by atoms with Gasteiger partial charge >= 0.3 is 11.6 Å². The third-order valence-electron chi connectivity index (χ3n) is 4.62. The van der Waals surface area contributed by atoms with Gasteiger partial charge in [0.1, 0.15) is 11.3 Å². The first-order valence-corrected chi connectivity index (χ1v) is 8.41. The first-order chi connectivity index (χ1) is 11.5. The maximum absolute atomic E-state index is 12.2. The van der Waals surface area contributed by atoms with Crippen molar-refractivity contribution in [3.8, 4) is 5.75 Å². The number of carbonyl (C=O) groups excluding carboxylic acids is 1. The van der Waals surface area contributed by atoms with Crippen molar-refractivity contribution in [1.82, 2.24) is 0 Å². The zero-order valence-electron chi connectivity index (χ0n) is 14.3. The lowest BCUT2D eigenvalue weighted by atomic mass is 9.90. The summed E-state index contributed by atoms with van der Waals surface area (Å²) < 4.78 is 16.0. The van der Waals surface area contributed by atoms with Gasteiger partial charge in [-0.1, -0.05) is 6.92 Å². The van der Waals surface area contributed by atoms with Crippen LogP contribution in [-0.4, -0.2) is 19.2 Å². The van der Waals surface area contributed by atoms with Crippen molar-refractivity contribution in [3.63, 3.8) is 0 Å². The lowest BCUT2D eigenvalue weighted by molar-refractivity contribution is -0.147. The fourth-order valence-electron chi connectivity index (χ4n) is 3.31. The molecule has 2 aromatic rings. The minimum absolute atomic E-state index is 0.256. The molecule has 0 radical (unpaired) electrons. The van der Waals surface area contributed by atoms with Gasteiger partial charge in [0.25, 0.3) is 0 Å². The molecule has 5 nitrogen and oxygen atoms in total. The monoisotopic (exact) mass is 330 g/mol. The topological polar surface area (TPSA) is 65.7 Å². The predicted molar refractivity (Wildman–Crippen MR) is 90.6 cm³/mol. The fraction of sp³-hybridized carbons (Fsp3) is 0.474. The lowest BCUT2D eigenvalue weighted by Gasteiger charge is -2.19. The normalized spacial score (nSPS) is 15.0. The lowest BCUT2D eigenvalue weighted by Crippen LogP contribution is -2.25. The Hall–Kier alpha value is -2.30. The second-order valence-corrected chi connectivity index (χ2v) is 6.15. The van der Waals surface area contributed by atoms with E-state index in [9.17, 15) is 9.59 Å². The molecule has 1 atom stereocenters. The molecule has 0 unspecified atom stereocenters. The summed E-state index contributed by atoms with van der Waals surface area (Å²) in [6.45, 7) is 3.67. The summed E-state index contributed by atoms with van der Waals surface area (Å²) in [6.07, 6.45) is 3.84. The summed E-state index contributed by atoms with van der Waals surface area (Å²) in [5, 5.41) is 0.985. The van der Waals surface area contributed by atoms with Crippen molar-refractivity contribution in [2.45, 2.75) is 52.1 Å². The molecule has 0 spiro atoms. The summed E-state index contributed by atoms with van der Waals surface area (Å²) in [5.41, 5.74) is 3.17. The van der Waals surface area contributed by atoms with E-state index in [1.54, 1.807) is 13.0 Å². The van der Waals surface area contributed by atoms with Crippen molar-refractivity contribution in [3.05, 3.63) is 39.2 Å². The second-order valence-electron chi connectivity index (χ2n) is 6.15. The van der Waals surface area contributed by atoms with Crippen LogP contribution in [0.4, 0.5) is 0 Å². The number of hydrogen-bond acceptors (Lipinski definition) is 5. The summed E-state index contributed by atoms with van der Waals surface area (Å²) in [6, 6.07) is 3.76. The van der Waals surface area contributed by atoms with E-state index < -0.39 is 12.1 Å². The van der Waals surface area contributed by atoms with Gasteiger partial charge in [0, 0.05) is 17.0 Å². The van der Waals surface area contributed by atoms with Crippen LogP contribution >= 0.6 is 0 Å². The van der Waals surface area contributed by atoms with Gasteiger partial charge in [0.15, 0.2) is 6.10 Å². The maximum Gasteiger partial charge on any atom is 0.346 e. The highest BCUT2D eigenvalue weighted by molar-refractivity contribution is 5.84. The number of carbonyl (C=O) groups is 1. The minimum atomic E-state index is -0.720. The molecular formula is C19H22O5. The van der Waals surface area contributed by atoms with E-state index in [1.165, 1.54) is 7.11 Å². The molecule has 0 fully saturated rings. The third-order valence-corrected chi connectivity index (χ3v) is 4.62. The van der Waals surface area contributed by atoms with E-state index >= 15 is 0 Å². The molecule has 0 saturated carbocycles. The largest absolute Gasteiger partial charge is 0.479 e. The van der Waals surface area contributed by atoms with Gasteiger partial charge in [-0.25, -0.2) is 9.59 Å². The van der Waals surface area contributed by atoms with Gasteiger partial charge in [-0.2, -0.15) is 0 Å². The summed E-state index contributed by atoms with van der Waals surface area (Å²) >= 11 is 0. The first-order valence-electron chi connectivity index (χ1n) is 8.41. The third kappa shape index (κ3) is 2.90. The zero-order valence-corrected chi connectivity index (χ0v) is 14.3. The number of benzene rings is 1. The molecule has 1 heterocycles. The molecule has 1 aliphatic carbocycles. The van der Waals surface area contributed by atoms with Gasteiger partial charge in [-0.05, 0) is 56.2 Å². The molecule has 5 heteroatoms. The van der Waals surface area contributed by atoms with Crippen LogP contribution in [0.25, 0.3) is 11.0 Å². The molecule has 0 bridgehead atoms. The van der Waals surface area contributed by atoms with E-state index in [-0.39, 0.29) is 5.63 Å². The highest BCUT2D eigenvalue weighted by atomic mass is 16.6. The Balaban J connectivity index is 2.12. The van der Waals surface area contributed by atoms with E-state index in [2.05, 4.69) is 0 Å². The van der Waals surface area contributed by atoms with Crippen LogP contribution in [0.2, 0.25) is 0 Å². The van der Waals surface area contributed by atoms with E-state index in [1.807, 2.05) is 13.0 Å². The Morgan fingerprint density at radius 2 is 1.96 bits per heavy atom. The van der Waals surface area contributed by atoms with Crippen molar-refractivity contribution >= 4 is 16.9 Å². The second kappa shape index (κ2) is 6.67. The Kier molecular flexibility index (Phi) is 4.60. The van der Waals surface area contributed by atoms with Crippen molar-refractivity contribution in [2.24, 2.45) is 0 Å². The Bertz CT molecular complexity index is 834. The van der Waals surface area contributed by atoms with E-state index in [0.29, 0.717) is 11.3 Å². The van der Waals surface area contributed by atoms with Crippen LogP contribution in [0.5, 0.6) is 5.75 Å². The number of ether oxygens (including phenoxy) is 2. The van der Waals surface area contributed by atoms with E-state index in [4.69, 9.17) is 13.9 Å². The molecule has 0 amide bonds. The maximum atomic E-state index is 12.2. The standard InChI is InChI=1S/C19H22O5/c1-4-12-9-15-13-7-5-6-8-14(13)19(21)24-17(15)10-16(12)23-11(2)18(20)22-3/h9-11H,4-8H2,1-3H3/t11-/m0/s1. The highest BCUT2D eigenvalue weighted by Crippen LogP contribution is 2.32. The Morgan fingerprint density at radius 1 is 1.25 bits per heavy atom. The van der Waals surface area contributed by atoms with Gasteiger partial charge in [0.2, 0.25) is 0 Å². The molecule has 128 valence electrons. The smallest absolute Gasteiger partial charge is 0.346 e. The van der Waals surface area contributed by atoms with Crippen molar-refractivity contribution < 1.29 is 18.7 Å². The highest BCUT2D eigenvalue weighted by Gasteiger charge is 2.21. The van der Waals surface area contributed by atoms with Crippen LogP contribution in [0.3, 0.4) is 0 Å². The number of methoxy groups -OCH3 is 1. The summed E-state index contributed by atoms with van der Waals surface area (Å²) in [7, 11) is 1.33. The molecule has 3 rings (SSSR count). The van der Waals surface area contributed by atoms with Crippen molar-refractivity contribution in [2.75, 3.05) is 7.11 Å². The van der Waals surface area contributed by atoms with Crippen LogP contribution < -0.4 is 10.4 Å². The zero-order chi connectivity index (χ0) is 17.3. The fourth-order valence-corrected chi connectivity index (χ4v) is 3.31. The van der Waals surface area contributed by atoms with Gasteiger partial charge in [-0.3, -0.25) is 0 Å². The quantitative estimate of drug-likeness (QED) is 0.636. The molecule has 1 aliphatic rings. The number of hydrogen-bond donors (Lipinski definition) is 0. The predicted octanol–water partition coefficient (Wildman–Crippen LogP) is 3.17. The van der Waals surface area contributed by atoms with Gasteiger partial charge in [0.05, 0.1) is 7.11 Å². The summed E-state index contributed by atoms with van der Waals surface area (Å²) in [5.74, 6) is 0.117. The van der Waals surface area contributed by atoms with E-state index in [0.717, 1.165) is 54.2 Å². The average Bonchev–Trinajstić information content (AvgIpc) is 2.60. The van der Waals surface area contributed by atoms with Crippen LogP contribution in [0, 0.1) is 0 Å². The molecule has 1 aromatic carbocycles. The SMILES string of the molecule is CCc1cc2c3c(c(=O)oc2cc1O[C@@H](C)C(=O)OC)CCCC3.